The first-order valence-corrected chi connectivity index (χ1v) is 7.57. The number of benzene rings is 1. The van der Waals surface area contributed by atoms with Crippen LogP contribution in [0.5, 0.6) is 5.75 Å². The molecule has 0 radical (unpaired) electrons. The van der Waals surface area contributed by atoms with Gasteiger partial charge in [0.05, 0.1) is 12.0 Å². The lowest BCUT2D eigenvalue weighted by Gasteiger charge is -2.27. The van der Waals surface area contributed by atoms with Gasteiger partial charge in [-0.05, 0) is 0 Å². The summed E-state index contributed by atoms with van der Waals surface area (Å²) < 4.78 is 84.7. The van der Waals surface area contributed by atoms with Crippen molar-refractivity contribution in [2.45, 2.75) is 20.3 Å². The fourth-order valence-corrected chi connectivity index (χ4v) is 1.85. The second kappa shape index (κ2) is 9.49. The summed E-state index contributed by atoms with van der Waals surface area (Å²) in [5.74, 6) is -13.9. The van der Waals surface area contributed by atoms with Crippen molar-refractivity contribution >= 4 is 12.1 Å². The molecular weight excluding hydrogens is 383 g/mol. The Morgan fingerprint density at radius 2 is 1.33 bits per heavy atom. The molecule has 0 N–H and O–H groups in total. The summed E-state index contributed by atoms with van der Waals surface area (Å²) in [6.07, 6.45) is -1.62. The summed E-state index contributed by atoms with van der Waals surface area (Å²) in [6, 6.07) is 0. The van der Waals surface area contributed by atoms with E-state index in [1.54, 1.807) is 6.92 Å². The van der Waals surface area contributed by atoms with Crippen molar-refractivity contribution < 1.29 is 50.5 Å². The first kappa shape index (κ1) is 22.6. The fourth-order valence-electron chi connectivity index (χ4n) is 1.85. The first-order chi connectivity index (χ1) is 12.6. The lowest BCUT2D eigenvalue weighted by atomic mass is 9.94. The molecule has 152 valence electrons. The van der Waals surface area contributed by atoms with Gasteiger partial charge in [-0.3, -0.25) is 4.79 Å². The number of esters is 1. The molecule has 1 aromatic carbocycles. The summed E-state index contributed by atoms with van der Waals surface area (Å²) in [5.41, 5.74) is -1.05. The highest BCUT2D eigenvalue weighted by Gasteiger charge is 2.32. The number of hydrogen-bond donors (Lipinski definition) is 0. The van der Waals surface area contributed by atoms with Gasteiger partial charge in [-0.15, -0.1) is 0 Å². The van der Waals surface area contributed by atoms with Crippen molar-refractivity contribution in [1.82, 2.24) is 0 Å². The summed E-state index contributed by atoms with van der Waals surface area (Å²) >= 11 is 0. The summed E-state index contributed by atoms with van der Waals surface area (Å²) in [6.45, 7) is 2.31. The molecule has 0 aliphatic rings. The van der Waals surface area contributed by atoms with Gasteiger partial charge in [-0.25, -0.2) is 18.0 Å². The molecule has 0 aromatic heterocycles. The van der Waals surface area contributed by atoms with Gasteiger partial charge in [0.1, 0.15) is 13.2 Å². The zero-order valence-corrected chi connectivity index (χ0v) is 14.7. The molecule has 0 heterocycles. The zero-order chi connectivity index (χ0) is 20.8. The van der Waals surface area contributed by atoms with Gasteiger partial charge in [-0.1, -0.05) is 13.8 Å². The normalized spacial score (nSPS) is 13.0. The summed E-state index contributed by atoms with van der Waals surface area (Å²) in [4.78, 5) is 22.8. The Kier molecular flexibility index (Phi) is 7.95. The molecule has 6 nitrogen and oxygen atoms in total. The number of halogens is 5. The van der Waals surface area contributed by atoms with Crippen LogP contribution < -0.4 is 4.74 Å². The Bertz CT molecular complexity index is 682. The standard InChI is InChI=1S/C16H17F5O6/c1-4-8(22)25-6-16(2,5-24-3)7-26-15(23)27-14-12(20)10(18)9(17)11(19)13(14)21/h4-7H2,1-3H3. The van der Waals surface area contributed by atoms with Crippen LogP contribution in [0.15, 0.2) is 0 Å². The molecule has 27 heavy (non-hydrogen) atoms. The SMILES string of the molecule is CCC(=O)OCC(C)(COC)COC(=O)Oc1c(F)c(F)c(F)c(F)c1F. The van der Waals surface area contributed by atoms with Crippen LogP contribution >= 0.6 is 0 Å². The van der Waals surface area contributed by atoms with E-state index in [-0.39, 0.29) is 19.6 Å². The van der Waals surface area contributed by atoms with Crippen LogP contribution in [0.4, 0.5) is 26.7 Å². The quantitative estimate of drug-likeness (QED) is 0.219. The molecule has 1 unspecified atom stereocenters. The fraction of sp³-hybridized carbons (Fsp3) is 0.500. The third kappa shape index (κ3) is 5.78. The molecule has 0 amide bonds. The van der Waals surface area contributed by atoms with E-state index >= 15 is 0 Å². The largest absolute Gasteiger partial charge is 0.514 e. The average Bonchev–Trinajstić information content (AvgIpc) is 2.65. The molecule has 0 fully saturated rings. The predicted molar refractivity (Wildman–Crippen MR) is 79.4 cm³/mol. The predicted octanol–water partition coefficient (Wildman–Crippen LogP) is 3.50. The maximum Gasteiger partial charge on any atom is 0.514 e. The summed E-state index contributed by atoms with van der Waals surface area (Å²) in [5, 5.41) is 0. The van der Waals surface area contributed by atoms with Crippen LogP contribution in [-0.4, -0.2) is 39.1 Å². The van der Waals surface area contributed by atoms with E-state index in [4.69, 9.17) is 9.47 Å². The molecule has 0 saturated carbocycles. The molecule has 1 aromatic rings. The monoisotopic (exact) mass is 400 g/mol. The molecule has 11 heteroatoms. The van der Waals surface area contributed by atoms with E-state index in [1.807, 2.05) is 0 Å². The minimum atomic E-state index is -2.39. The van der Waals surface area contributed by atoms with Gasteiger partial charge >= 0.3 is 12.1 Å². The lowest BCUT2D eigenvalue weighted by molar-refractivity contribution is -0.149. The third-order valence-corrected chi connectivity index (χ3v) is 3.26. The van der Waals surface area contributed by atoms with Gasteiger partial charge in [0.2, 0.25) is 34.8 Å². The smallest absolute Gasteiger partial charge is 0.465 e. The number of methoxy groups -OCH3 is 1. The minimum absolute atomic E-state index is 0.0419. The van der Waals surface area contributed by atoms with Crippen molar-refractivity contribution in [3.05, 3.63) is 29.1 Å². The van der Waals surface area contributed by atoms with E-state index in [9.17, 15) is 31.5 Å². The molecular formula is C16H17F5O6. The Balaban J connectivity index is 2.83. The van der Waals surface area contributed by atoms with Gasteiger partial charge < -0.3 is 18.9 Å². The van der Waals surface area contributed by atoms with Gasteiger partial charge in [0, 0.05) is 13.5 Å². The van der Waals surface area contributed by atoms with E-state index in [0.717, 1.165) is 0 Å². The van der Waals surface area contributed by atoms with Crippen molar-refractivity contribution in [2.24, 2.45) is 5.41 Å². The van der Waals surface area contributed by atoms with Crippen LogP contribution in [0.1, 0.15) is 20.3 Å². The Labute approximate surface area is 151 Å². The van der Waals surface area contributed by atoms with Crippen molar-refractivity contribution in [3.63, 3.8) is 0 Å². The Hall–Kier alpha value is -2.43. The van der Waals surface area contributed by atoms with Crippen LogP contribution in [-0.2, 0) is 19.0 Å². The number of rotatable bonds is 8. The number of carbonyl (C=O) groups excluding carboxylic acids is 2. The highest BCUT2D eigenvalue weighted by atomic mass is 19.2. The second-order valence-corrected chi connectivity index (χ2v) is 5.80. The van der Waals surface area contributed by atoms with Crippen LogP contribution in [0, 0.1) is 34.5 Å². The minimum Gasteiger partial charge on any atom is -0.465 e. The van der Waals surface area contributed by atoms with Crippen LogP contribution in [0.25, 0.3) is 0 Å². The summed E-state index contributed by atoms with van der Waals surface area (Å²) in [7, 11) is 1.33. The lowest BCUT2D eigenvalue weighted by Crippen LogP contribution is -2.36. The van der Waals surface area contributed by atoms with Gasteiger partial charge in [-0.2, -0.15) is 8.78 Å². The van der Waals surface area contributed by atoms with Crippen molar-refractivity contribution in [1.29, 1.82) is 0 Å². The van der Waals surface area contributed by atoms with E-state index in [2.05, 4.69) is 9.47 Å². The second-order valence-electron chi connectivity index (χ2n) is 5.80. The number of carbonyl (C=O) groups is 2. The molecule has 0 bridgehead atoms. The van der Waals surface area contributed by atoms with Gasteiger partial charge in [0.15, 0.2) is 0 Å². The maximum atomic E-state index is 13.5. The van der Waals surface area contributed by atoms with Crippen LogP contribution in [0.3, 0.4) is 0 Å². The topological polar surface area (TPSA) is 71.1 Å². The highest BCUT2D eigenvalue weighted by molar-refractivity contribution is 5.68. The van der Waals surface area contributed by atoms with E-state index in [0.29, 0.717) is 0 Å². The van der Waals surface area contributed by atoms with E-state index < -0.39 is 59.0 Å². The molecule has 0 saturated heterocycles. The molecule has 0 aliphatic carbocycles. The average molecular weight is 400 g/mol. The third-order valence-electron chi connectivity index (χ3n) is 3.26. The van der Waals surface area contributed by atoms with Gasteiger partial charge in [0.25, 0.3) is 0 Å². The molecule has 1 rings (SSSR count). The molecule has 0 aliphatic heterocycles. The number of hydrogen-bond acceptors (Lipinski definition) is 6. The highest BCUT2D eigenvalue weighted by Crippen LogP contribution is 2.29. The molecule has 1 atom stereocenters. The Morgan fingerprint density at radius 3 is 1.81 bits per heavy atom. The number of ether oxygens (including phenoxy) is 4. The van der Waals surface area contributed by atoms with E-state index in [1.165, 1.54) is 14.0 Å². The van der Waals surface area contributed by atoms with Crippen molar-refractivity contribution in [3.8, 4) is 5.75 Å². The maximum absolute atomic E-state index is 13.5. The Morgan fingerprint density at radius 1 is 0.852 bits per heavy atom. The zero-order valence-electron chi connectivity index (χ0n) is 14.7. The first-order valence-electron chi connectivity index (χ1n) is 7.57. The van der Waals surface area contributed by atoms with Crippen molar-refractivity contribution in [2.75, 3.05) is 26.9 Å². The van der Waals surface area contributed by atoms with Crippen LogP contribution in [0.2, 0.25) is 0 Å². The molecule has 0 spiro atoms.